The maximum absolute atomic E-state index is 13.9. The third kappa shape index (κ3) is 3.92. The lowest BCUT2D eigenvalue weighted by atomic mass is 9.54. The number of carbonyl (C=O) groups is 3. The second-order valence-electron chi connectivity index (χ2n) is 10.9. The number of fused-ring (bicyclic) bond motifs is 3. The zero-order valence-corrected chi connectivity index (χ0v) is 22.3. The summed E-state index contributed by atoms with van der Waals surface area (Å²) in [6, 6.07) is 9.68. The first-order valence-electron chi connectivity index (χ1n) is 12.9. The molecule has 0 bridgehead atoms. The van der Waals surface area contributed by atoms with Gasteiger partial charge >= 0.3 is 0 Å². The number of ketones is 2. The first kappa shape index (κ1) is 27.5. The number of aromatic hydroxyl groups is 1. The van der Waals surface area contributed by atoms with Crippen LogP contribution in [0.4, 0.5) is 5.69 Å². The van der Waals surface area contributed by atoms with Crippen LogP contribution in [0, 0.1) is 17.8 Å². The second-order valence-corrected chi connectivity index (χ2v) is 10.9. The molecule has 0 saturated heterocycles. The molecule has 2 unspecified atom stereocenters. The van der Waals surface area contributed by atoms with E-state index in [0.717, 1.165) is 16.8 Å². The molecule has 0 spiro atoms. The van der Waals surface area contributed by atoms with Crippen LogP contribution in [0.3, 0.4) is 0 Å². The number of amides is 1. The highest BCUT2D eigenvalue weighted by Crippen LogP contribution is 2.53. The predicted octanol–water partition coefficient (Wildman–Crippen LogP) is 0.866. The normalized spacial score (nSPS) is 29.8. The number of anilines is 1. The average Bonchev–Trinajstić information content (AvgIpc) is 2.89. The van der Waals surface area contributed by atoms with E-state index < -0.39 is 58.7 Å². The third-order valence-corrected chi connectivity index (χ3v) is 8.53. The summed E-state index contributed by atoms with van der Waals surface area (Å²) < 4.78 is 0. The van der Waals surface area contributed by atoms with Crippen molar-refractivity contribution in [1.82, 2.24) is 4.90 Å². The molecule has 5 rings (SSSR count). The van der Waals surface area contributed by atoms with Gasteiger partial charge < -0.3 is 36.4 Å². The largest absolute Gasteiger partial charge is 0.507 e. The Morgan fingerprint density at radius 3 is 2.42 bits per heavy atom. The number of rotatable bonds is 5. The Morgan fingerprint density at radius 2 is 1.82 bits per heavy atom. The Balaban J connectivity index is 1.64. The van der Waals surface area contributed by atoms with Gasteiger partial charge in [0.2, 0.25) is 11.7 Å². The number of likely N-dealkylation sites (N-methyl/N-ethyl adjacent to an activating group) is 1. The zero-order chi connectivity index (χ0) is 29.1. The summed E-state index contributed by atoms with van der Waals surface area (Å²) in [7, 11) is 4.88. The summed E-state index contributed by atoms with van der Waals surface area (Å²) in [5, 5.41) is 47.9. The summed E-state index contributed by atoms with van der Waals surface area (Å²) >= 11 is 0. The fraction of sp³-hybridized carbons (Fsp3) is 0.379. The summed E-state index contributed by atoms with van der Waals surface area (Å²) in [5.74, 6) is -7.63. The van der Waals surface area contributed by atoms with Crippen molar-refractivity contribution in [3.63, 3.8) is 0 Å². The third-order valence-electron chi connectivity index (χ3n) is 8.53. The summed E-state index contributed by atoms with van der Waals surface area (Å²) in [6.45, 7) is 0. The molecule has 2 fully saturated rings. The lowest BCUT2D eigenvalue weighted by Crippen LogP contribution is -2.73. The van der Waals surface area contributed by atoms with Crippen molar-refractivity contribution in [2.24, 2.45) is 28.5 Å². The van der Waals surface area contributed by atoms with Crippen molar-refractivity contribution in [2.45, 2.75) is 30.6 Å². The standard InChI is InChI=1S/C29H32N4O7/c1-31-12-32-15-6-4-13(5-7-15)16-8-9-19(34)21-17(16)10-14-11-18-23(33(2)3)25(36)22(28(30)39)27(38)29(18,40)26(37)20(14)24(21)35/h4-9,12,14,18,22-23,25,34-36,40H,10-11H2,1-3H3,(H2,30,39)(H,31,32)/t14-,18-,22?,23-,25?,29-/m1/s1. The van der Waals surface area contributed by atoms with E-state index in [1.165, 1.54) is 6.07 Å². The number of phenolic OH excluding ortho intramolecular Hbond substituents is 1. The molecule has 0 radical (unpaired) electrons. The smallest absolute Gasteiger partial charge is 0.230 e. The highest BCUT2D eigenvalue weighted by molar-refractivity contribution is 6.25. The van der Waals surface area contributed by atoms with Crippen molar-refractivity contribution in [2.75, 3.05) is 26.5 Å². The Bertz CT molecular complexity index is 1470. The van der Waals surface area contributed by atoms with E-state index in [1.54, 1.807) is 38.4 Å². The van der Waals surface area contributed by atoms with Crippen LogP contribution in [0.2, 0.25) is 0 Å². The molecule has 3 aliphatic rings. The lowest BCUT2D eigenvalue weighted by molar-refractivity contribution is -0.184. The molecule has 2 aromatic rings. The van der Waals surface area contributed by atoms with Gasteiger partial charge in [-0.05, 0) is 67.7 Å². The van der Waals surface area contributed by atoms with Gasteiger partial charge in [0, 0.05) is 30.3 Å². The number of aliphatic hydroxyl groups is 3. The average molecular weight is 549 g/mol. The number of benzene rings is 2. The molecule has 210 valence electrons. The number of aliphatic hydroxyl groups excluding tert-OH is 2. The molecule has 2 saturated carbocycles. The maximum Gasteiger partial charge on any atom is 0.230 e. The maximum atomic E-state index is 13.9. The minimum atomic E-state index is -2.68. The van der Waals surface area contributed by atoms with E-state index >= 15 is 0 Å². The fourth-order valence-electron chi connectivity index (χ4n) is 6.76. The Morgan fingerprint density at radius 1 is 1.15 bits per heavy atom. The number of primary amides is 1. The molecular weight excluding hydrogens is 516 g/mol. The number of hydrogen-bond donors (Lipinski definition) is 6. The van der Waals surface area contributed by atoms with Crippen LogP contribution >= 0.6 is 0 Å². The first-order valence-corrected chi connectivity index (χ1v) is 12.9. The first-order chi connectivity index (χ1) is 18.9. The highest BCUT2D eigenvalue weighted by atomic mass is 16.3. The van der Waals surface area contributed by atoms with Gasteiger partial charge in [-0.25, -0.2) is 0 Å². The van der Waals surface area contributed by atoms with E-state index in [9.17, 15) is 34.8 Å². The quantitative estimate of drug-likeness (QED) is 0.179. The number of Topliss-reactive ketones (excluding diaryl/α,β-unsaturated/α-hetero) is 2. The molecular formula is C29H32N4O7. The van der Waals surface area contributed by atoms with Gasteiger partial charge in [0.25, 0.3) is 0 Å². The van der Waals surface area contributed by atoms with Crippen LogP contribution in [0.15, 0.2) is 47.0 Å². The predicted molar refractivity (Wildman–Crippen MR) is 148 cm³/mol. The SMILES string of the molecule is CN=CNc1ccc(-c2ccc(O)c3c2C[C@@H]2C[C@@H]4[C@@H](N(C)C)C(O)C(C(N)=O)C(=O)[C@]4(O)C(=O)C2=C3O)cc1. The molecule has 0 heterocycles. The van der Waals surface area contributed by atoms with Crippen LogP contribution in [0.1, 0.15) is 17.5 Å². The molecule has 2 aromatic carbocycles. The minimum Gasteiger partial charge on any atom is -0.507 e. The second kappa shape index (κ2) is 9.84. The minimum absolute atomic E-state index is 0.0540. The van der Waals surface area contributed by atoms with E-state index in [1.807, 2.05) is 24.3 Å². The zero-order valence-electron chi connectivity index (χ0n) is 22.3. The number of nitrogens with one attached hydrogen (secondary N) is 1. The van der Waals surface area contributed by atoms with Gasteiger partial charge in [-0.3, -0.25) is 19.4 Å². The van der Waals surface area contributed by atoms with Gasteiger partial charge in [-0.1, -0.05) is 18.2 Å². The molecule has 1 amide bonds. The summed E-state index contributed by atoms with van der Waals surface area (Å²) in [5.41, 5.74) is 5.59. The summed E-state index contributed by atoms with van der Waals surface area (Å²) in [4.78, 5) is 45.0. The van der Waals surface area contributed by atoms with E-state index in [4.69, 9.17) is 5.73 Å². The van der Waals surface area contributed by atoms with Crippen LogP contribution in [-0.4, -0.2) is 88.0 Å². The van der Waals surface area contributed by atoms with E-state index in [-0.39, 0.29) is 29.7 Å². The lowest BCUT2D eigenvalue weighted by Gasteiger charge is -2.53. The van der Waals surface area contributed by atoms with Crippen LogP contribution in [0.25, 0.3) is 16.9 Å². The van der Waals surface area contributed by atoms with Crippen molar-refractivity contribution in [3.05, 3.63) is 53.1 Å². The van der Waals surface area contributed by atoms with Gasteiger partial charge in [-0.15, -0.1) is 0 Å². The van der Waals surface area contributed by atoms with Gasteiger partial charge in [-0.2, -0.15) is 0 Å². The van der Waals surface area contributed by atoms with Crippen LogP contribution < -0.4 is 11.1 Å². The van der Waals surface area contributed by atoms with Crippen molar-refractivity contribution >= 4 is 35.3 Å². The number of hydrogen-bond acceptors (Lipinski definition) is 9. The van der Waals surface area contributed by atoms with Crippen molar-refractivity contribution in [1.29, 1.82) is 0 Å². The Kier molecular flexibility index (Phi) is 6.77. The molecule has 11 heteroatoms. The molecule has 0 aliphatic heterocycles. The Labute approximate surface area is 230 Å². The number of aliphatic imine (C=N–C) groups is 1. The molecule has 40 heavy (non-hydrogen) atoms. The van der Waals surface area contributed by atoms with Crippen molar-refractivity contribution in [3.8, 4) is 16.9 Å². The monoisotopic (exact) mass is 548 g/mol. The van der Waals surface area contributed by atoms with Gasteiger partial charge in [0.15, 0.2) is 11.4 Å². The fourth-order valence-corrected chi connectivity index (χ4v) is 6.76. The van der Waals surface area contributed by atoms with E-state index in [0.29, 0.717) is 5.56 Å². The Hall–Kier alpha value is -4.06. The van der Waals surface area contributed by atoms with Crippen molar-refractivity contribution < 1.29 is 34.8 Å². The number of carbonyl (C=O) groups excluding carboxylic acids is 3. The molecule has 3 aliphatic carbocycles. The van der Waals surface area contributed by atoms with Gasteiger partial charge in [0.05, 0.1) is 18.0 Å². The number of nitrogens with zero attached hydrogens (tertiary/aromatic N) is 2. The number of phenols is 1. The van der Waals surface area contributed by atoms with Crippen LogP contribution in [-0.2, 0) is 20.8 Å². The molecule has 11 nitrogen and oxygen atoms in total. The van der Waals surface area contributed by atoms with Crippen LogP contribution in [0.5, 0.6) is 5.75 Å². The van der Waals surface area contributed by atoms with E-state index in [2.05, 4.69) is 10.3 Å². The summed E-state index contributed by atoms with van der Waals surface area (Å²) in [6.07, 6.45) is 0.315. The molecule has 7 N–H and O–H groups in total. The van der Waals surface area contributed by atoms with Gasteiger partial charge in [0.1, 0.15) is 17.4 Å². The molecule has 6 atom stereocenters. The number of nitrogens with two attached hydrogens (primary N) is 1. The highest BCUT2D eigenvalue weighted by Gasteiger charge is 2.67. The topological polar surface area (TPSA) is 186 Å². The molecule has 0 aromatic heterocycles.